The summed E-state index contributed by atoms with van der Waals surface area (Å²) in [7, 11) is 1.53. The minimum absolute atomic E-state index is 0.0770. The van der Waals surface area contributed by atoms with Crippen molar-refractivity contribution in [3.63, 3.8) is 0 Å². The molecule has 1 aromatic rings. The number of β-amino-alcohol motifs (C(OH)–C–C–N with tert-alkyl or cyclic N) is 1. The highest BCUT2D eigenvalue weighted by Crippen LogP contribution is 2.24. The van der Waals surface area contributed by atoms with Gasteiger partial charge in [-0.15, -0.1) is 0 Å². The van der Waals surface area contributed by atoms with E-state index in [2.05, 4.69) is 50.4 Å². The van der Waals surface area contributed by atoms with Crippen molar-refractivity contribution in [2.75, 3.05) is 26.7 Å². The monoisotopic (exact) mass is 468 g/mol. The maximum absolute atomic E-state index is 12.6. The normalized spacial score (nSPS) is 22.4. The van der Waals surface area contributed by atoms with Crippen LogP contribution in [-0.4, -0.2) is 73.1 Å². The van der Waals surface area contributed by atoms with Crippen molar-refractivity contribution in [1.82, 2.24) is 15.5 Å². The minimum atomic E-state index is -0.688. The van der Waals surface area contributed by atoms with Gasteiger partial charge in [-0.3, -0.25) is 19.5 Å². The summed E-state index contributed by atoms with van der Waals surface area (Å²) in [4.78, 5) is 34.3. The number of aliphatic hydroxyl groups is 1. The third-order valence-electron chi connectivity index (χ3n) is 6.58. The standard InChI is InChI=1S/C25H36N6O3/c1-27-22(13-23(28-2)30-20-9-7-18(8-10-20)24(26)33)25(34)29-14-21(32)16-31-12-11-17-5-3-4-6-19(17)15-31/h3-6,13,18,20-21,30,32H,2,7-12,14-16H2,1H3,(H2,26,33)(H,29,34)/b23-13+,27-22+/t18-,20+,21?. The largest absolute Gasteiger partial charge is 0.390 e. The van der Waals surface area contributed by atoms with E-state index in [1.165, 1.54) is 18.2 Å². The number of carbonyl (C=O) groups excluding carboxylic acids is 2. The van der Waals surface area contributed by atoms with Crippen LogP contribution in [0.5, 0.6) is 0 Å². The van der Waals surface area contributed by atoms with E-state index < -0.39 is 6.10 Å². The van der Waals surface area contributed by atoms with Gasteiger partial charge >= 0.3 is 0 Å². The molecular weight excluding hydrogens is 432 g/mol. The molecule has 1 atom stereocenters. The maximum atomic E-state index is 12.6. The van der Waals surface area contributed by atoms with Crippen molar-refractivity contribution in [3.8, 4) is 0 Å². The Kier molecular flexibility index (Phi) is 9.35. The molecule has 0 radical (unpaired) electrons. The molecule has 1 unspecified atom stereocenters. The van der Waals surface area contributed by atoms with Crippen LogP contribution in [0.15, 0.2) is 46.1 Å². The summed E-state index contributed by atoms with van der Waals surface area (Å²) in [5, 5.41) is 16.5. The van der Waals surface area contributed by atoms with Gasteiger partial charge in [-0.2, -0.15) is 0 Å². The number of amides is 2. The number of carbonyl (C=O) groups is 2. The van der Waals surface area contributed by atoms with Gasteiger partial charge in [0.05, 0.1) is 6.10 Å². The summed E-state index contributed by atoms with van der Waals surface area (Å²) in [6.45, 7) is 5.88. The van der Waals surface area contributed by atoms with Crippen LogP contribution in [-0.2, 0) is 22.6 Å². The molecule has 2 aliphatic rings. The van der Waals surface area contributed by atoms with Crippen LogP contribution in [0.4, 0.5) is 0 Å². The number of fused-ring (bicyclic) bond motifs is 1. The molecule has 34 heavy (non-hydrogen) atoms. The molecule has 9 heteroatoms. The number of aliphatic imine (C=N–C) groups is 2. The molecule has 0 bridgehead atoms. The van der Waals surface area contributed by atoms with Crippen LogP contribution >= 0.6 is 0 Å². The first kappa shape index (κ1) is 25.6. The van der Waals surface area contributed by atoms with Crippen molar-refractivity contribution in [2.45, 2.75) is 50.8 Å². The molecule has 1 saturated carbocycles. The van der Waals surface area contributed by atoms with Crippen LogP contribution in [0.3, 0.4) is 0 Å². The second-order valence-electron chi connectivity index (χ2n) is 9.01. The molecule has 0 spiro atoms. The van der Waals surface area contributed by atoms with E-state index in [4.69, 9.17) is 5.73 Å². The minimum Gasteiger partial charge on any atom is -0.390 e. The Morgan fingerprint density at radius 3 is 2.62 bits per heavy atom. The van der Waals surface area contributed by atoms with Gasteiger partial charge in [0.1, 0.15) is 11.5 Å². The molecule has 1 fully saturated rings. The van der Waals surface area contributed by atoms with Crippen LogP contribution in [0, 0.1) is 5.92 Å². The summed E-state index contributed by atoms with van der Waals surface area (Å²) in [5.74, 6) is -0.260. The van der Waals surface area contributed by atoms with Crippen LogP contribution in [0.2, 0.25) is 0 Å². The predicted molar refractivity (Wildman–Crippen MR) is 134 cm³/mol. The zero-order chi connectivity index (χ0) is 24.5. The topological polar surface area (TPSA) is 132 Å². The zero-order valence-corrected chi connectivity index (χ0v) is 19.9. The second-order valence-corrected chi connectivity index (χ2v) is 9.01. The molecule has 9 nitrogen and oxygen atoms in total. The van der Waals surface area contributed by atoms with Crippen LogP contribution in [0.25, 0.3) is 0 Å². The van der Waals surface area contributed by atoms with Crippen molar-refractivity contribution in [1.29, 1.82) is 0 Å². The van der Waals surface area contributed by atoms with Gasteiger partial charge < -0.3 is 21.5 Å². The van der Waals surface area contributed by atoms with Gasteiger partial charge in [-0.1, -0.05) is 24.3 Å². The summed E-state index contributed by atoms with van der Waals surface area (Å²) in [6.07, 6.45) is 4.86. The Bertz CT molecular complexity index is 936. The maximum Gasteiger partial charge on any atom is 0.269 e. The second kappa shape index (κ2) is 12.4. The van der Waals surface area contributed by atoms with E-state index in [1.54, 1.807) is 6.08 Å². The summed E-state index contributed by atoms with van der Waals surface area (Å²) < 4.78 is 0. The first-order valence-corrected chi connectivity index (χ1v) is 11.9. The number of nitrogens with zero attached hydrogens (tertiary/aromatic N) is 3. The fraction of sp³-hybridized carbons (Fsp3) is 0.520. The van der Waals surface area contributed by atoms with Gasteiger partial charge in [0, 0.05) is 51.3 Å². The number of rotatable bonds is 10. The predicted octanol–water partition coefficient (Wildman–Crippen LogP) is 0.768. The Morgan fingerprint density at radius 1 is 1.26 bits per heavy atom. The SMILES string of the molecule is C=N/C(=C\C(=N/C)C(=O)NCC(O)CN1CCc2ccccc2C1)N[C@H]1CC[C@@H](C(N)=O)CC1. The average Bonchev–Trinajstić information content (AvgIpc) is 2.85. The molecule has 0 saturated heterocycles. The van der Waals surface area contributed by atoms with Gasteiger partial charge in [0.15, 0.2) is 0 Å². The highest BCUT2D eigenvalue weighted by atomic mass is 16.3. The van der Waals surface area contributed by atoms with Gasteiger partial charge in [-0.25, -0.2) is 4.99 Å². The summed E-state index contributed by atoms with van der Waals surface area (Å²) in [5.41, 5.74) is 8.24. The molecule has 184 valence electrons. The van der Waals surface area contributed by atoms with E-state index >= 15 is 0 Å². The highest BCUT2D eigenvalue weighted by Gasteiger charge is 2.25. The van der Waals surface area contributed by atoms with E-state index in [0.717, 1.165) is 45.2 Å². The average molecular weight is 469 g/mol. The van der Waals surface area contributed by atoms with Gasteiger partial charge in [-0.05, 0) is 49.9 Å². The van der Waals surface area contributed by atoms with Crippen LogP contribution < -0.4 is 16.4 Å². The lowest BCUT2D eigenvalue weighted by Gasteiger charge is -2.30. The molecule has 1 heterocycles. The molecule has 1 aliphatic heterocycles. The fourth-order valence-corrected chi connectivity index (χ4v) is 4.60. The van der Waals surface area contributed by atoms with Crippen molar-refractivity contribution >= 4 is 24.2 Å². The summed E-state index contributed by atoms with van der Waals surface area (Å²) >= 11 is 0. The van der Waals surface area contributed by atoms with E-state index in [0.29, 0.717) is 12.4 Å². The van der Waals surface area contributed by atoms with E-state index in [9.17, 15) is 14.7 Å². The number of benzene rings is 1. The smallest absolute Gasteiger partial charge is 0.269 e. The molecule has 0 aromatic heterocycles. The molecule has 3 rings (SSSR count). The Labute approximate surface area is 201 Å². The Hall–Kier alpha value is -3.04. The van der Waals surface area contributed by atoms with Crippen molar-refractivity contribution in [3.05, 3.63) is 47.3 Å². The molecule has 1 aromatic carbocycles. The van der Waals surface area contributed by atoms with E-state index in [1.807, 2.05) is 6.07 Å². The number of hydrogen-bond acceptors (Lipinski definition) is 7. The molecule has 5 N–H and O–H groups in total. The van der Waals surface area contributed by atoms with Crippen molar-refractivity contribution < 1.29 is 14.7 Å². The first-order valence-electron chi connectivity index (χ1n) is 11.9. The number of aliphatic hydroxyl groups excluding tert-OH is 1. The fourth-order valence-electron chi connectivity index (χ4n) is 4.60. The Balaban J connectivity index is 1.46. The number of primary amides is 1. The zero-order valence-electron chi connectivity index (χ0n) is 19.9. The van der Waals surface area contributed by atoms with E-state index in [-0.39, 0.29) is 36.0 Å². The van der Waals surface area contributed by atoms with Gasteiger partial charge in [0.2, 0.25) is 5.91 Å². The number of nitrogens with two attached hydrogens (primary N) is 1. The summed E-state index contributed by atoms with van der Waals surface area (Å²) in [6, 6.07) is 8.48. The molecule has 2 amide bonds. The van der Waals surface area contributed by atoms with Gasteiger partial charge in [0.25, 0.3) is 5.91 Å². The third-order valence-corrected chi connectivity index (χ3v) is 6.58. The first-order chi connectivity index (χ1) is 16.4. The molecule has 1 aliphatic carbocycles. The third kappa shape index (κ3) is 7.23. The molecular formula is C25H36N6O3. The lowest BCUT2D eigenvalue weighted by atomic mass is 9.85. The van der Waals surface area contributed by atoms with Crippen molar-refractivity contribution in [2.24, 2.45) is 21.6 Å². The Morgan fingerprint density at radius 2 is 1.97 bits per heavy atom. The number of nitrogens with one attached hydrogen (secondary N) is 2. The quantitative estimate of drug-likeness (QED) is 0.377. The number of hydrogen-bond donors (Lipinski definition) is 4. The lowest BCUT2D eigenvalue weighted by Crippen LogP contribution is -2.43. The highest BCUT2D eigenvalue weighted by molar-refractivity contribution is 6.43. The van der Waals surface area contributed by atoms with Crippen LogP contribution in [0.1, 0.15) is 36.8 Å². The lowest BCUT2D eigenvalue weighted by molar-refractivity contribution is -0.122.